The van der Waals surface area contributed by atoms with Gasteiger partial charge in [0.1, 0.15) is 0 Å². The highest BCUT2D eigenvalue weighted by Gasteiger charge is 1.86. The molecule has 0 unspecified atom stereocenters. The molecular weight excluding hydrogens is 194 g/mol. The third-order valence-corrected chi connectivity index (χ3v) is 1.64. The molecule has 0 aromatic rings. The Balaban J connectivity index is 2.81. The van der Waals surface area contributed by atoms with Crippen molar-refractivity contribution in [3.05, 3.63) is 0 Å². The van der Waals surface area contributed by atoms with E-state index < -0.39 is 0 Å². The van der Waals surface area contributed by atoms with Gasteiger partial charge in [-0.2, -0.15) is 0 Å². The van der Waals surface area contributed by atoms with Crippen LogP contribution in [-0.2, 0) is 0 Å². The van der Waals surface area contributed by atoms with Gasteiger partial charge in [0.05, 0.1) is 0 Å². The molecule has 92 valence electrons. The molecule has 0 aromatic carbocycles. The Morgan fingerprint density at radius 1 is 0.667 bits per heavy atom. The van der Waals surface area contributed by atoms with Crippen molar-refractivity contribution in [1.82, 2.24) is 31.9 Å². The quantitative estimate of drug-likeness (QED) is 0.141. The van der Waals surface area contributed by atoms with Gasteiger partial charge in [-0.05, 0) is 6.54 Å². The number of nitrogens with one attached hydrogen (secondary N) is 6. The van der Waals surface area contributed by atoms with Gasteiger partial charge in [0.25, 0.3) is 0 Å². The molecule has 0 rings (SSSR count). The van der Waals surface area contributed by atoms with Gasteiger partial charge in [-0.15, -0.1) is 0 Å². The lowest BCUT2D eigenvalue weighted by Gasteiger charge is -2.09. The molecule has 0 saturated carbocycles. The van der Waals surface area contributed by atoms with E-state index in [0.717, 1.165) is 39.9 Å². The number of rotatable bonds is 12. The molecular formula is C8H25N7. The summed E-state index contributed by atoms with van der Waals surface area (Å²) in [5.41, 5.74) is 5.25. The van der Waals surface area contributed by atoms with E-state index in [9.17, 15) is 0 Å². The van der Waals surface area contributed by atoms with Crippen LogP contribution in [0.1, 0.15) is 6.92 Å². The van der Waals surface area contributed by atoms with Crippen molar-refractivity contribution in [3.8, 4) is 0 Å². The van der Waals surface area contributed by atoms with E-state index in [2.05, 4.69) is 38.8 Å². The first-order valence-corrected chi connectivity index (χ1v) is 5.36. The molecule has 0 aliphatic rings. The lowest BCUT2D eigenvalue weighted by atomic mass is 10.7. The molecule has 0 radical (unpaired) electrons. The van der Waals surface area contributed by atoms with Crippen LogP contribution in [-0.4, -0.2) is 46.6 Å². The van der Waals surface area contributed by atoms with Crippen LogP contribution < -0.4 is 37.6 Å². The van der Waals surface area contributed by atoms with Crippen molar-refractivity contribution in [1.29, 1.82) is 0 Å². The Morgan fingerprint density at radius 3 is 1.47 bits per heavy atom. The van der Waals surface area contributed by atoms with Crippen LogP contribution in [0.25, 0.3) is 0 Å². The Morgan fingerprint density at radius 2 is 1.07 bits per heavy atom. The first kappa shape index (κ1) is 14.7. The topological polar surface area (TPSA) is 98.2 Å². The summed E-state index contributed by atoms with van der Waals surface area (Å²) < 4.78 is 0. The van der Waals surface area contributed by atoms with E-state index in [1.165, 1.54) is 0 Å². The Bertz CT molecular complexity index is 99.2. The summed E-state index contributed by atoms with van der Waals surface area (Å²) in [6.45, 7) is 7.45. The minimum Gasteiger partial charge on any atom is -0.318 e. The van der Waals surface area contributed by atoms with Crippen LogP contribution >= 0.6 is 0 Å². The molecule has 0 spiro atoms. The van der Waals surface area contributed by atoms with Crippen LogP contribution in [0.2, 0.25) is 0 Å². The normalized spacial score (nSPS) is 10.8. The maximum absolute atomic E-state index is 5.25. The van der Waals surface area contributed by atoms with E-state index >= 15 is 0 Å². The molecule has 15 heavy (non-hydrogen) atoms. The highest BCUT2D eigenvalue weighted by molar-refractivity contribution is 4.46. The largest absolute Gasteiger partial charge is 0.318 e. The second-order valence-electron chi connectivity index (χ2n) is 2.94. The monoisotopic (exact) mass is 219 g/mol. The van der Waals surface area contributed by atoms with Gasteiger partial charge >= 0.3 is 0 Å². The lowest BCUT2D eigenvalue weighted by Crippen LogP contribution is -2.43. The summed E-state index contributed by atoms with van der Waals surface area (Å²) in [5, 5.41) is 18.8. The van der Waals surface area contributed by atoms with Crippen LogP contribution in [0, 0.1) is 0 Å². The summed E-state index contributed by atoms with van der Waals surface area (Å²) in [6.07, 6.45) is 0. The highest BCUT2D eigenvalue weighted by Crippen LogP contribution is 1.54. The third-order valence-electron chi connectivity index (χ3n) is 1.64. The van der Waals surface area contributed by atoms with E-state index in [1.54, 1.807) is 0 Å². The Labute approximate surface area is 91.9 Å². The van der Waals surface area contributed by atoms with Crippen LogP contribution in [0.4, 0.5) is 0 Å². The molecule has 7 heteroatoms. The molecule has 7 nitrogen and oxygen atoms in total. The zero-order chi connectivity index (χ0) is 11.2. The minimum atomic E-state index is 0.500. The molecule has 0 heterocycles. The minimum absolute atomic E-state index is 0.500. The molecule has 8 N–H and O–H groups in total. The van der Waals surface area contributed by atoms with E-state index in [0.29, 0.717) is 6.67 Å². The summed E-state index contributed by atoms with van der Waals surface area (Å²) in [5.74, 6) is 0. The number of nitrogens with two attached hydrogens (primary N) is 1. The fraction of sp³-hybridized carbons (Fsp3) is 1.00. The molecule has 0 saturated heterocycles. The van der Waals surface area contributed by atoms with Crippen LogP contribution in [0.15, 0.2) is 0 Å². The second kappa shape index (κ2) is 13.7. The number of hydrogen-bond donors (Lipinski definition) is 7. The molecule has 0 aliphatic heterocycles. The zero-order valence-corrected chi connectivity index (χ0v) is 9.53. The van der Waals surface area contributed by atoms with Gasteiger partial charge in [-0.25, -0.2) is 0 Å². The van der Waals surface area contributed by atoms with Gasteiger partial charge < -0.3 is 11.1 Å². The predicted octanol–water partition coefficient (Wildman–Crippen LogP) is -2.75. The first-order valence-electron chi connectivity index (χ1n) is 5.36. The highest BCUT2D eigenvalue weighted by atomic mass is 15.2. The average molecular weight is 219 g/mol. The third kappa shape index (κ3) is 13.7. The van der Waals surface area contributed by atoms with Gasteiger partial charge in [-0.1, -0.05) is 6.92 Å². The van der Waals surface area contributed by atoms with E-state index in [1.807, 2.05) is 0 Å². The fourth-order valence-corrected chi connectivity index (χ4v) is 0.889. The van der Waals surface area contributed by atoms with Crippen molar-refractivity contribution in [2.24, 2.45) is 5.73 Å². The van der Waals surface area contributed by atoms with Crippen LogP contribution in [0.5, 0.6) is 0 Å². The van der Waals surface area contributed by atoms with E-state index in [4.69, 9.17) is 5.73 Å². The number of hydrogen-bond acceptors (Lipinski definition) is 7. The van der Waals surface area contributed by atoms with Gasteiger partial charge in [0, 0.05) is 40.0 Å². The molecule has 0 aromatic heterocycles. The van der Waals surface area contributed by atoms with Gasteiger partial charge in [-0.3, -0.25) is 26.6 Å². The molecule has 0 fully saturated rings. The average Bonchev–Trinajstić information content (AvgIpc) is 2.26. The van der Waals surface area contributed by atoms with Crippen molar-refractivity contribution in [2.45, 2.75) is 6.92 Å². The molecule has 0 atom stereocenters. The predicted molar refractivity (Wildman–Crippen MR) is 62.7 cm³/mol. The standard InChI is InChI=1S/C8H25N7/c1-2-10-4-12-6-14-8-15-7-13-5-11-3-9/h10-15H,2-9H2,1H3. The maximum atomic E-state index is 5.25. The Hall–Kier alpha value is -0.280. The van der Waals surface area contributed by atoms with Crippen molar-refractivity contribution in [2.75, 3.05) is 46.6 Å². The van der Waals surface area contributed by atoms with Crippen molar-refractivity contribution < 1.29 is 0 Å². The smallest absolute Gasteiger partial charge is 0.0474 e. The lowest BCUT2D eigenvalue weighted by molar-refractivity contribution is 0.483. The Kier molecular flexibility index (Phi) is 13.5. The molecule has 0 aliphatic carbocycles. The first-order chi connectivity index (χ1) is 7.41. The van der Waals surface area contributed by atoms with Crippen molar-refractivity contribution in [3.63, 3.8) is 0 Å². The van der Waals surface area contributed by atoms with Gasteiger partial charge in [0.15, 0.2) is 0 Å². The molecule has 0 bridgehead atoms. The van der Waals surface area contributed by atoms with E-state index in [-0.39, 0.29) is 0 Å². The van der Waals surface area contributed by atoms with Crippen LogP contribution in [0.3, 0.4) is 0 Å². The van der Waals surface area contributed by atoms with Crippen molar-refractivity contribution >= 4 is 0 Å². The summed E-state index contributed by atoms with van der Waals surface area (Å²) in [7, 11) is 0. The van der Waals surface area contributed by atoms with Gasteiger partial charge in [0.2, 0.25) is 0 Å². The summed E-state index contributed by atoms with van der Waals surface area (Å²) >= 11 is 0. The molecule has 0 amide bonds. The summed E-state index contributed by atoms with van der Waals surface area (Å²) in [6, 6.07) is 0. The fourth-order valence-electron chi connectivity index (χ4n) is 0.889. The zero-order valence-electron chi connectivity index (χ0n) is 9.53. The summed E-state index contributed by atoms with van der Waals surface area (Å²) in [4.78, 5) is 0. The second-order valence-corrected chi connectivity index (χ2v) is 2.94. The maximum Gasteiger partial charge on any atom is 0.0474 e. The SMILES string of the molecule is CCNCNCNCNCNCNCN.